The topological polar surface area (TPSA) is 120 Å². The van der Waals surface area contributed by atoms with Crippen LogP contribution in [0.4, 0.5) is 5.69 Å². The highest BCUT2D eigenvalue weighted by Crippen LogP contribution is 2.20. The normalized spacial score (nSPS) is 12.4. The Bertz CT molecular complexity index is 1190. The molecule has 0 unspecified atom stereocenters. The minimum Gasteiger partial charge on any atom is -0.489 e. The molecule has 0 aliphatic carbocycles. The first-order valence-electron chi connectivity index (χ1n) is 10.3. The highest BCUT2D eigenvalue weighted by molar-refractivity contribution is 7.89. The SMILES string of the molecule is COC[C@H](C)NS(=O)(=O)c1ccc(NC(=O)c2cccc(OCc3c(C)noc3C)c2)cc1. The lowest BCUT2D eigenvalue weighted by molar-refractivity contribution is 0.102. The number of aryl methyl sites for hydroxylation is 2. The third-order valence-electron chi connectivity index (χ3n) is 4.86. The van der Waals surface area contributed by atoms with E-state index in [1.807, 2.05) is 13.8 Å². The molecule has 9 nitrogen and oxygen atoms in total. The first kappa shape index (κ1) is 24.4. The van der Waals surface area contributed by atoms with E-state index in [1.54, 1.807) is 31.2 Å². The summed E-state index contributed by atoms with van der Waals surface area (Å²) in [5.41, 5.74) is 2.49. The van der Waals surface area contributed by atoms with Gasteiger partial charge in [0.1, 0.15) is 18.1 Å². The lowest BCUT2D eigenvalue weighted by atomic mass is 10.2. The highest BCUT2D eigenvalue weighted by atomic mass is 32.2. The van der Waals surface area contributed by atoms with Crippen molar-refractivity contribution in [3.8, 4) is 5.75 Å². The number of rotatable bonds is 10. The number of methoxy groups -OCH3 is 1. The van der Waals surface area contributed by atoms with E-state index in [-0.39, 0.29) is 30.1 Å². The molecule has 0 spiro atoms. The van der Waals surface area contributed by atoms with Crippen molar-refractivity contribution >= 4 is 21.6 Å². The minimum atomic E-state index is -3.69. The molecule has 1 heterocycles. The van der Waals surface area contributed by atoms with E-state index in [0.29, 0.717) is 22.8 Å². The summed E-state index contributed by atoms with van der Waals surface area (Å²) in [6.45, 7) is 5.90. The van der Waals surface area contributed by atoms with E-state index < -0.39 is 10.0 Å². The van der Waals surface area contributed by atoms with Crippen LogP contribution in [0.1, 0.15) is 34.3 Å². The molecule has 0 bridgehead atoms. The molecule has 33 heavy (non-hydrogen) atoms. The van der Waals surface area contributed by atoms with Gasteiger partial charge in [-0.3, -0.25) is 4.79 Å². The van der Waals surface area contributed by atoms with Crippen molar-refractivity contribution in [1.82, 2.24) is 9.88 Å². The molecule has 2 aromatic carbocycles. The molecule has 0 radical (unpaired) electrons. The van der Waals surface area contributed by atoms with Gasteiger partial charge in [-0.25, -0.2) is 13.1 Å². The van der Waals surface area contributed by atoms with Gasteiger partial charge in [-0.1, -0.05) is 11.2 Å². The number of aromatic nitrogens is 1. The molecule has 0 saturated heterocycles. The molecule has 1 atom stereocenters. The summed E-state index contributed by atoms with van der Waals surface area (Å²) in [6.07, 6.45) is 0. The first-order chi connectivity index (χ1) is 15.7. The van der Waals surface area contributed by atoms with E-state index >= 15 is 0 Å². The number of carbonyl (C=O) groups is 1. The van der Waals surface area contributed by atoms with Crippen LogP contribution in [0.2, 0.25) is 0 Å². The molecule has 3 aromatic rings. The van der Waals surface area contributed by atoms with Crippen LogP contribution in [-0.2, 0) is 21.4 Å². The summed E-state index contributed by atoms with van der Waals surface area (Å²) < 4.78 is 43.2. The molecule has 0 aliphatic rings. The highest BCUT2D eigenvalue weighted by Gasteiger charge is 2.17. The zero-order chi connectivity index (χ0) is 24.0. The fraction of sp³-hybridized carbons (Fsp3) is 0.304. The number of sulfonamides is 1. The molecule has 1 amide bonds. The maximum Gasteiger partial charge on any atom is 0.255 e. The van der Waals surface area contributed by atoms with Crippen LogP contribution >= 0.6 is 0 Å². The smallest absolute Gasteiger partial charge is 0.255 e. The Morgan fingerprint density at radius 1 is 1.15 bits per heavy atom. The maximum absolute atomic E-state index is 12.7. The largest absolute Gasteiger partial charge is 0.489 e. The average Bonchev–Trinajstić information content (AvgIpc) is 3.10. The van der Waals surface area contributed by atoms with Crippen molar-refractivity contribution in [3.63, 3.8) is 0 Å². The van der Waals surface area contributed by atoms with Gasteiger partial charge < -0.3 is 19.3 Å². The zero-order valence-corrected chi connectivity index (χ0v) is 19.7. The van der Waals surface area contributed by atoms with Gasteiger partial charge in [-0.05, 0) is 63.2 Å². The standard InChI is InChI=1S/C23H27N3O6S/c1-15(13-30-4)26-33(28,29)21-10-8-19(9-11-21)24-23(27)18-6-5-7-20(12-18)31-14-22-16(2)25-32-17(22)3/h5-12,15,26H,13-14H2,1-4H3,(H,24,27)/t15-/m0/s1. The maximum atomic E-state index is 12.7. The molecule has 0 saturated carbocycles. The van der Waals surface area contributed by atoms with Crippen LogP contribution in [-0.4, -0.2) is 39.2 Å². The number of hydrogen-bond donors (Lipinski definition) is 2. The number of ether oxygens (including phenoxy) is 2. The van der Waals surface area contributed by atoms with Crippen molar-refractivity contribution < 1.29 is 27.2 Å². The van der Waals surface area contributed by atoms with Gasteiger partial charge in [0.25, 0.3) is 5.91 Å². The summed E-state index contributed by atoms with van der Waals surface area (Å²) in [7, 11) is -2.18. The van der Waals surface area contributed by atoms with Crippen molar-refractivity contribution in [1.29, 1.82) is 0 Å². The second-order valence-electron chi connectivity index (χ2n) is 7.58. The van der Waals surface area contributed by atoms with Gasteiger partial charge in [0, 0.05) is 24.4 Å². The summed E-state index contributed by atoms with van der Waals surface area (Å²) in [6, 6.07) is 12.3. The number of nitrogens with one attached hydrogen (secondary N) is 2. The number of anilines is 1. The molecule has 176 valence electrons. The van der Waals surface area contributed by atoms with Gasteiger partial charge in [0.05, 0.1) is 22.8 Å². The second kappa shape index (κ2) is 10.6. The molecular weight excluding hydrogens is 446 g/mol. The Kier molecular flexibility index (Phi) is 7.85. The monoisotopic (exact) mass is 473 g/mol. The molecule has 0 aliphatic heterocycles. The van der Waals surface area contributed by atoms with E-state index in [0.717, 1.165) is 11.3 Å². The molecule has 10 heteroatoms. The number of amides is 1. The van der Waals surface area contributed by atoms with Gasteiger partial charge in [-0.15, -0.1) is 0 Å². The molecule has 0 fully saturated rings. The molecule has 2 N–H and O–H groups in total. The summed E-state index contributed by atoms with van der Waals surface area (Å²) >= 11 is 0. The van der Waals surface area contributed by atoms with E-state index in [4.69, 9.17) is 14.0 Å². The van der Waals surface area contributed by atoms with Crippen LogP contribution < -0.4 is 14.8 Å². The fourth-order valence-electron chi connectivity index (χ4n) is 3.13. The van der Waals surface area contributed by atoms with Crippen LogP contribution in [0.5, 0.6) is 5.75 Å². The van der Waals surface area contributed by atoms with Gasteiger partial charge in [0.2, 0.25) is 10.0 Å². The third kappa shape index (κ3) is 6.41. The lowest BCUT2D eigenvalue weighted by Crippen LogP contribution is -2.35. The first-order valence-corrected chi connectivity index (χ1v) is 11.7. The van der Waals surface area contributed by atoms with Gasteiger partial charge >= 0.3 is 0 Å². The Hall–Kier alpha value is -3.21. The summed E-state index contributed by atoms with van der Waals surface area (Å²) in [4.78, 5) is 12.8. The van der Waals surface area contributed by atoms with E-state index in [2.05, 4.69) is 15.2 Å². The Morgan fingerprint density at radius 3 is 2.52 bits per heavy atom. The van der Waals surface area contributed by atoms with Crippen LogP contribution in [0, 0.1) is 13.8 Å². The molecular formula is C23H27N3O6S. The van der Waals surface area contributed by atoms with Crippen LogP contribution in [0.25, 0.3) is 0 Å². The van der Waals surface area contributed by atoms with Crippen LogP contribution in [0.3, 0.4) is 0 Å². The average molecular weight is 474 g/mol. The number of nitrogens with zero attached hydrogens (tertiary/aromatic N) is 1. The fourth-order valence-corrected chi connectivity index (χ4v) is 4.36. The van der Waals surface area contributed by atoms with Crippen molar-refractivity contribution in [2.45, 2.75) is 38.3 Å². The van der Waals surface area contributed by atoms with Gasteiger partial charge in [0.15, 0.2) is 0 Å². The zero-order valence-electron chi connectivity index (χ0n) is 18.9. The lowest BCUT2D eigenvalue weighted by Gasteiger charge is -2.13. The van der Waals surface area contributed by atoms with Crippen molar-refractivity contribution in [2.75, 3.05) is 19.0 Å². The summed E-state index contributed by atoms with van der Waals surface area (Å²) in [5, 5.41) is 6.66. The summed E-state index contributed by atoms with van der Waals surface area (Å²) in [5.74, 6) is 0.871. The molecule has 1 aromatic heterocycles. The van der Waals surface area contributed by atoms with Crippen LogP contribution in [0.15, 0.2) is 57.9 Å². The van der Waals surface area contributed by atoms with E-state index in [1.165, 1.54) is 31.4 Å². The quantitative estimate of drug-likeness (QED) is 0.463. The third-order valence-corrected chi connectivity index (χ3v) is 6.46. The predicted molar refractivity (Wildman–Crippen MR) is 123 cm³/mol. The van der Waals surface area contributed by atoms with Crippen molar-refractivity contribution in [2.24, 2.45) is 0 Å². The Balaban J connectivity index is 1.63. The Labute approximate surface area is 193 Å². The molecule has 3 rings (SSSR count). The number of carbonyl (C=O) groups excluding carboxylic acids is 1. The Morgan fingerprint density at radius 2 is 1.88 bits per heavy atom. The number of benzene rings is 2. The van der Waals surface area contributed by atoms with Gasteiger partial charge in [-0.2, -0.15) is 0 Å². The minimum absolute atomic E-state index is 0.0955. The van der Waals surface area contributed by atoms with Crippen molar-refractivity contribution in [3.05, 3.63) is 71.1 Å². The number of hydrogen-bond acceptors (Lipinski definition) is 7. The predicted octanol–water partition coefficient (Wildman–Crippen LogP) is 3.44. The van der Waals surface area contributed by atoms with E-state index in [9.17, 15) is 13.2 Å². The second-order valence-corrected chi connectivity index (χ2v) is 9.29.